The minimum atomic E-state index is -0.975. The number of nitrogens with zero attached hydrogens (tertiary/aromatic N) is 1. The molecule has 0 spiro atoms. The van der Waals surface area contributed by atoms with Crippen LogP contribution in [0.1, 0.15) is 46.5 Å². The fourth-order valence-corrected chi connectivity index (χ4v) is 3.67. The summed E-state index contributed by atoms with van der Waals surface area (Å²) < 4.78 is 31.6. The molecule has 0 saturated carbocycles. The number of anilines is 1. The van der Waals surface area contributed by atoms with E-state index >= 15 is 0 Å². The number of benzene rings is 1. The average molecular weight is 483 g/mol. The first-order valence-electron chi connectivity index (χ1n) is 11.1. The summed E-state index contributed by atoms with van der Waals surface area (Å²) in [7, 11) is 1.28. The first-order chi connectivity index (χ1) is 15.9. The Labute approximate surface area is 197 Å². The SMILES string of the molecule is COC(=O)CCCNC(=O)[C@@H]1[C@@H](NC(=O)Nc2ccc(F)cc2F)CCN1C(=O)CC(C)(C)C. The van der Waals surface area contributed by atoms with Crippen molar-refractivity contribution in [2.45, 2.75) is 58.5 Å². The second-order valence-electron chi connectivity index (χ2n) is 9.36. The number of amides is 4. The molecule has 0 aliphatic carbocycles. The molecule has 0 aromatic heterocycles. The summed E-state index contributed by atoms with van der Waals surface area (Å²) in [5.41, 5.74) is -0.525. The molecule has 0 unspecified atom stereocenters. The van der Waals surface area contributed by atoms with E-state index in [9.17, 15) is 28.0 Å². The van der Waals surface area contributed by atoms with Gasteiger partial charge in [-0.25, -0.2) is 13.6 Å². The molecule has 0 bridgehead atoms. The van der Waals surface area contributed by atoms with E-state index < -0.39 is 41.6 Å². The van der Waals surface area contributed by atoms with Crippen molar-refractivity contribution in [3.05, 3.63) is 29.8 Å². The van der Waals surface area contributed by atoms with Gasteiger partial charge in [0.2, 0.25) is 11.8 Å². The monoisotopic (exact) mass is 482 g/mol. The van der Waals surface area contributed by atoms with Crippen LogP contribution in [0.5, 0.6) is 0 Å². The Kier molecular flexibility index (Phi) is 9.34. The number of likely N-dealkylation sites (tertiary alicyclic amines) is 1. The van der Waals surface area contributed by atoms with Gasteiger partial charge < -0.3 is 25.6 Å². The first kappa shape index (κ1) is 27.0. The molecule has 2 rings (SSSR count). The normalized spacial score (nSPS) is 17.8. The van der Waals surface area contributed by atoms with Gasteiger partial charge >= 0.3 is 12.0 Å². The number of rotatable bonds is 8. The minimum Gasteiger partial charge on any atom is -0.469 e. The highest BCUT2D eigenvalue weighted by Crippen LogP contribution is 2.25. The lowest BCUT2D eigenvalue weighted by Crippen LogP contribution is -2.55. The molecule has 4 amide bonds. The Morgan fingerprint density at radius 3 is 2.50 bits per heavy atom. The highest BCUT2D eigenvalue weighted by Gasteiger charge is 2.43. The fraction of sp³-hybridized carbons (Fsp3) is 0.565. The molecule has 2 atom stereocenters. The summed E-state index contributed by atoms with van der Waals surface area (Å²) in [6.45, 7) is 6.16. The summed E-state index contributed by atoms with van der Waals surface area (Å²) in [4.78, 5) is 51.1. The number of urea groups is 1. The second kappa shape index (κ2) is 11.8. The van der Waals surface area contributed by atoms with Crippen LogP contribution in [0.25, 0.3) is 0 Å². The van der Waals surface area contributed by atoms with Crippen LogP contribution in [0.3, 0.4) is 0 Å². The number of halogens is 2. The van der Waals surface area contributed by atoms with Crippen LogP contribution in [-0.4, -0.2) is 61.0 Å². The van der Waals surface area contributed by atoms with Crippen molar-refractivity contribution in [1.29, 1.82) is 0 Å². The summed E-state index contributed by atoms with van der Waals surface area (Å²) in [5.74, 6) is -2.82. The average Bonchev–Trinajstić information content (AvgIpc) is 3.15. The maximum atomic E-state index is 13.9. The fourth-order valence-electron chi connectivity index (χ4n) is 3.67. The number of hydrogen-bond acceptors (Lipinski definition) is 5. The Morgan fingerprint density at radius 1 is 1.18 bits per heavy atom. The zero-order valence-electron chi connectivity index (χ0n) is 19.9. The van der Waals surface area contributed by atoms with Gasteiger partial charge in [-0.2, -0.15) is 0 Å². The lowest BCUT2D eigenvalue weighted by Gasteiger charge is -2.30. The number of carbonyl (C=O) groups excluding carboxylic acids is 4. The molecule has 1 aromatic rings. The summed E-state index contributed by atoms with van der Waals surface area (Å²) in [6.07, 6.45) is 0.999. The molecule has 0 radical (unpaired) electrons. The lowest BCUT2D eigenvalue weighted by molar-refractivity contribution is -0.141. The molecule has 1 fully saturated rings. The number of hydrogen-bond donors (Lipinski definition) is 3. The van der Waals surface area contributed by atoms with Crippen molar-refractivity contribution < 1.29 is 32.7 Å². The van der Waals surface area contributed by atoms with Crippen LogP contribution in [0.2, 0.25) is 0 Å². The molecule has 1 heterocycles. The predicted molar refractivity (Wildman–Crippen MR) is 121 cm³/mol. The van der Waals surface area contributed by atoms with Crippen molar-refractivity contribution >= 4 is 29.5 Å². The van der Waals surface area contributed by atoms with Gasteiger partial charge in [0.15, 0.2) is 0 Å². The Hall–Kier alpha value is -3.24. The minimum absolute atomic E-state index is 0.126. The number of methoxy groups -OCH3 is 1. The van der Waals surface area contributed by atoms with Gasteiger partial charge in [0.05, 0.1) is 18.8 Å². The number of carbonyl (C=O) groups is 4. The highest BCUT2D eigenvalue weighted by atomic mass is 19.1. The van der Waals surface area contributed by atoms with Crippen molar-refractivity contribution in [2.75, 3.05) is 25.5 Å². The van der Waals surface area contributed by atoms with Crippen molar-refractivity contribution in [3.8, 4) is 0 Å². The van der Waals surface area contributed by atoms with Crippen molar-refractivity contribution in [2.24, 2.45) is 5.41 Å². The predicted octanol–water partition coefficient (Wildman–Crippen LogP) is 2.56. The molecular formula is C23H32F2N4O5. The maximum Gasteiger partial charge on any atom is 0.319 e. The maximum absolute atomic E-state index is 13.9. The van der Waals surface area contributed by atoms with E-state index in [1.165, 1.54) is 12.0 Å². The van der Waals surface area contributed by atoms with Crippen molar-refractivity contribution in [1.82, 2.24) is 15.5 Å². The summed E-state index contributed by atoms with van der Waals surface area (Å²) in [5, 5.41) is 7.63. The highest BCUT2D eigenvalue weighted by molar-refractivity contribution is 5.92. The molecule has 1 aliphatic rings. The Morgan fingerprint density at radius 2 is 1.88 bits per heavy atom. The van der Waals surface area contributed by atoms with Gasteiger partial charge in [-0.3, -0.25) is 14.4 Å². The van der Waals surface area contributed by atoms with Crippen LogP contribution >= 0.6 is 0 Å². The quantitative estimate of drug-likeness (QED) is 0.389. The van der Waals surface area contributed by atoms with Gasteiger partial charge in [-0.15, -0.1) is 0 Å². The molecule has 1 aliphatic heterocycles. The standard InChI is InChI=1S/C23H32F2N4O5/c1-23(2,3)13-18(30)29-11-9-17(20(29)21(32)26-10-5-6-19(31)34-4)28-22(33)27-16-8-7-14(24)12-15(16)25/h7-8,12,17,20H,5-6,9-11,13H2,1-4H3,(H,26,32)(H2,27,28,33)/t17-,20-/m0/s1. The third-order valence-electron chi connectivity index (χ3n) is 5.25. The van der Waals surface area contributed by atoms with Gasteiger partial charge in [-0.05, 0) is 30.4 Å². The van der Waals surface area contributed by atoms with E-state index in [-0.39, 0.29) is 42.9 Å². The molecule has 34 heavy (non-hydrogen) atoms. The summed E-state index contributed by atoms with van der Waals surface area (Å²) >= 11 is 0. The van der Waals surface area contributed by atoms with Gasteiger partial charge in [-0.1, -0.05) is 20.8 Å². The Balaban J connectivity index is 2.09. The van der Waals surface area contributed by atoms with Crippen LogP contribution in [-0.2, 0) is 19.1 Å². The van der Waals surface area contributed by atoms with E-state index in [1.54, 1.807) is 0 Å². The van der Waals surface area contributed by atoms with Crippen LogP contribution in [0.15, 0.2) is 18.2 Å². The summed E-state index contributed by atoms with van der Waals surface area (Å²) in [6, 6.07) is 0.242. The number of nitrogens with one attached hydrogen (secondary N) is 3. The first-order valence-corrected chi connectivity index (χ1v) is 11.1. The van der Waals surface area contributed by atoms with Gasteiger partial charge in [0.25, 0.3) is 0 Å². The van der Waals surface area contributed by atoms with E-state index in [2.05, 4.69) is 20.7 Å². The zero-order chi connectivity index (χ0) is 25.5. The number of esters is 1. The van der Waals surface area contributed by atoms with Crippen LogP contribution in [0, 0.1) is 17.0 Å². The van der Waals surface area contributed by atoms with E-state index in [4.69, 9.17) is 0 Å². The molecule has 9 nitrogen and oxygen atoms in total. The molecule has 1 aromatic carbocycles. The molecule has 1 saturated heterocycles. The third-order valence-corrected chi connectivity index (χ3v) is 5.25. The van der Waals surface area contributed by atoms with Gasteiger partial charge in [0.1, 0.15) is 17.7 Å². The van der Waals surface area contributed by atoms with Crippen molar-refractivity contribution in [3.63, 3.8) is 0 Å². The molecule has 11 heteroatoms. The zero-order valence-corrected chi connectivity index (χ0v) is 19.9. The molecule has 3 N–H and O–H groups in total. The molecule has 188 valence electrons. The van der Waals surface area contributed by atoms with Crippen LogP contribution in [0.4, 0.5) is 19.3 Å². The third kappa shape index (κ3) is 7.96. The van der Waals surface area contributed by atoms with Crippen LogP contribution < -0.4 is 16.0 Å². The van der Waals surface area contributed by atoms with E-state index in [0.717, 1.165) is 12.1 Å². The van der Waals surface area contributed by atoms with Gasteiger partial charge in [0, 0.05) is 32.0 Å². The van der Waals surface area contributed by atoms with E-state index in [1.807, 2.05) is 20.8 Å². The van der Waals surface area contributed by atoms with E-state index in [0.29, 0.717) is 18.9 Å². The smallest absolute Gasteiger partial charge is 0.319 e. The Bertz CT molecular complexity index is 919. The molecular weight excluding hydrogens is 450 g/mol. The number of ether oxygens (including phenoxy) is 1. The topological polar surface area (TPSA) is 117 Å². The lowest BCUT2D eigenvalue weighted by atomic mass is 9.91. The largest absolute Gasteiger partial charge is 0.469 e. The second-order valence-corrected chi connectivity index (χ2v) is 9.36.